The highest BCUT2D eigenvalue weighted by Gasteiger charge is 2.29. The van der Waals surface area contributed by atoms with Crippen LogP contribution in [0.15, 0.2) is 18.2 Å². The third-order valence-corrected chi connectivity index (χ3v) is 5.41. The Morgan fingerprint density at radius 3 is 2.54 bits per heavy atom. The number of hydrogen-bond donors (Lipinski definition) is 0. The number of ether oxygens (including phenoxy) is 1. The molecule has 6 heteroatoms. The van der Waals surface area contributed by atoms with Crippen LogP contribution >= 0.6 is 11.6 Å². The molecule has 2 aromatic rings. The largest absolute Gasteiger partial charge is 0.375 e. The van der Waals surface area contributed by atoms with Gasteiger partial charge in [-0.05, 0) is 57.7 Å². The molecule has 1 saturated carbocycles. The van der Waals surface area contributed by atoms with Gasteiger partial charge in [-0.2, -0.15) is 0 Å². The van der Waals surface area contributed by atoms with Gasteiger partial charge in [-0.3, -0.25) is 4.79 Å². The fraction of sp³-hybridized carbons (Fsp3) is 0.591. The molecule has 0 amide bonds. The van der Waals surface area contributed by atoms with Crippen LogP contribution in [-0.4, -0.2) is 32.8 Å². The van der Waals surface area contributed by atoms with E-state index >= 15 is 0 Å². The first-order valence-corrected chi connectivity index (χ1v) is 10.4. The summed E-state index contributed by atoms with van der Waals surface area (Å²) in [6, 6.07) is 6.21. The predicted octanol–water partition coefficient (Wildman–Crippen LogP) is 4.68. The Bertz CT molecular complexity index is 835. The summed E-state index contributed by atoms with van der Waals surface area (Å²) in [6.45, 7) is 8.74. The van der Waals surface area contributed by atoms with Crippen LogP contribution in [0.2, 0.25) is 5.02 Å². The number of carbonyl (C=O) groups excluding carboxylic acids is 1. The van der Waals surface area contributed by atoms with Crippen molar-refractivity contribution >= 4 is 17.4 Å². The first-order valence-electron chi connectivity index (χ1n) is 10.1. The first-order chi connectivity index (χ1) is 13.2. The van der Waals surface area contributed by atoms with Crippen molar-refractivity contribution in [1.82, 2.24) is 14.8 Å². The molecule has 0 atom stereocenters. The summed E-state index contributed by atoms with van der Waals surface area (Å²) >= 11 is 6.16. The van der Waals surface area contributed by atoms with Crippen LogP contribution in [0.5, 0.6) is 0 Å². The van der Waals surface area contributed by atoms with Gasteiger partial charge in [-0.25, -0.2) is 0 Å². The smallest absolute Gasteiger partial charge is 0.137 e. The van der Waals surface area contributed by atoms with Gasteiger partial charge in [0.15, 0.2) is 0 Å². The zero-order chi connectivity index (χ0) is 20.3. The number of carbonyl (C=O) groups is 1. The average Bonchev–Trinajstić information content (AvgIpc) is 3.37. The Hall–Kier alpha value is -1.72. The molecule has 1 fully saturated rings. The molecular formula is C22H30ClN3O2. The fourth-order valence-electron chi connectivity index (χ4n) is 3.30. The third-order valence-electron chi connectivity index (χ3n) is 5.00. The van der Waals surface area contributed by atoms with E-state index in [9.17, 15) is 4.79 Å². The molecule has 1 aromatic carbocycles. The monoisotopic (exact) mass is 403 g/mol. The summed E-state index contributed by atoms with van der Waals surface area (Å²) in [5.41, 5.74) is 1.83. The van der Waals surface area contributed by atoms with Gasteiger partial charge in [0.2, 0.25) is 0 Å². The summed E-state index contributed by atoms with van der Waals surface area (Å²) in [5.74, 6) is 2.10. The maximum Gasteiger partial charge on any atom is 0.137 e. The van der Waals surface area contributed by atoms with Gasteiger partial charge in [0.1, 0.15) is 17.4 Å². The van der Waals surface area contributed by atoms with Crippen LogP contribution in [0, 0.1) is 6.92 Å². The number of hydrogen-bond acceptors (Lipinski definition) is 4. The number of nitrogens with zero attached hydrogens (tertiary/aromatic N) is 3. The lowest BCUT2D eigenvalue weighted by Crippen LogP contribution is -2.21. The number of halogens is 1. The van der Waals surface area contributed by atoms with Crippen LogP contribution in [-0.2, 0) is 28.8 Å². The molecule has 1 heterocycles. The van der Waals surface area contributed by atoms with Crippen molar-refractivity contribution in [2.45, 2.75) is 77.9 Å². The second-order valence-electron chi connectivity index (χ2n) is 8.58. The first kappa shape index (κ1) is 21.0. The number of aryl methyl sites for hydroxylation is 1. The van der Waals surface area contributed by atoms with E-state index in [1.54, 1.807) is 0 Å². The highest BCUT2D eigenvalue weighted by atomic mass is 35.5. The van der Waals surface area contributed by atoms with Crippen LogP contribution in [0.1, 0.15) is 68.9 Å². The Balaban J connectivity index is 1.59. The Morgan fingerprint density at radius 1 is 1.21 bits per heavy atom. The summed E-state index contributed by atoms with van der Waals surface area (Å²) in [7, 11) is 0. The molecule has 3 rings (SSSR count). The Kier molecular flexibility index (Phi) is 6.56. The van der Waals surface area contributed by atoms with Crippen molar-refractivity contribution in [2.75, 3.05) is 6.61 Å². The quantitative estimate of drug-likeness (QED) is 0.610. The number of benzene rings is 1. The van der Waals surface area contributed by atoms with Crippen molar-refractivity contribution in [1.29, 1.82) is 0 Å². The minimum Gasteiger partial charge on any atom is -0.375 e. The van der Waals surface area contributed by atoms with Gasteiger partial charge in [0, 0.05) is 36.7 Å². The van der Waals surface area contributed by atoms with Crippen molar-refractivity contribution in [3.05, 3.63) is 46.0 Å². The second-order valence-corrected chi connectivity index (χ2v) is 8.99. The van der Waals surface area contributed by atoms with Gasteiger partial charge in [-0.15, -0.1) is 10.2 Å². The second kappa shape index (κ2) is 8.75. The van der Waals surface area contributed by atoms with Crippen LogP contribution in [0.3, 0.4) is 0 Å². The van der Waals surface area contributed by atoms with E-state index < -0.39 is 0 Å². The molecule has 0 aliphatic heterocycles. The standard InChI is InChI=1S/C22H30ClN3O2/c1-15-16(6-5-7-19(15)23)14-18(27)10-11-20-24-25-21(26(20)17-8-9-17)12-13-28-22(2,3)4/h5-7,17H,8-14H2,1-4H3. The number of ketones is 1. The van der Waals surface area contributed by atoms with Crippen LogP contribution < -0.4 is 0 Å². The average molecular weight is 404 g/mol. The van der Waals surface area contributed by atoms with Gasteiger partial charge >= 0.3 is 0 Å². The number of rotatable bonds is 9. The molecule has 0 bridgehead atoms. The summed E-state index contributed by atoms with van der Waals surface area (Å²) in [4.78, 5) is 12.5. The molecule has 0 spiro atoms. The lowest BCUT2D eigenvalue weighted by molar-refractivity contribution is -0.118. The van der Waals surface area contributed by atoms with E-state index in [2.05, 4.69) is 35.5 Å². The Morgan fingerprint density at radius 2 is 1.89 bits per heavy atom. The minimum absolute atomic E-state index is 0.155. The Labute approximate surface area is 172 Å². The van der Waals surface area contributed by atoms with E-state index in [4.69, 9.17) is 16.3 Å². The minimum atomic E-state index is -0.155. The van der Waals surface area contributed by atoms with E-state index in [-0.39, 0.29) is 11.4 Å². The molecule has 152 valence electrons. The zero-order valence-electron chi connectivity index (χ0n) is 17.3. The maximum atomic E-state index is 12.5. The molecule has 0 N–H and O–H groups in total. The molecule has 0 unspecified atom stereocenters. The number of aromatic nitrogens is 3. The van der Waals surface area contributed by atoms with Gasteiger partial charge in [-0.1, -0.05) is 23.7 Å². The third kappa shape index (κ3) is 5.65. The molecule has 0 saturated heterocycles. The SMILES string of the molecule is Cc1c(Cl)cccc1CC(=O)CCc1nnc(CCOC(C)(C)C)n1C1CC1. The topological polar surface area (TPSA) is 57.0 Å². The van der Waals surface area contributed by atoms with E-state index in [0.717, 1.165) is 42.0 Å². The lowest BCUT2D eigenvalue weighted by Gasteiger charge is -2.19. The lowest BCUT2D eigenvalue weighted by atomic mass is 10.0. The molecule has 28 heavy (non-hydrogen) atoms. The molecule has 5 nitrogen and oxygen atoms in total. The van der Waals surface area contributed by atoms with Gasteiger partial charge in [0.25, 0.3) is 0 Å². The highest BCUT2D eigenvalue weighted by molar-refractivity contribution is 6.31. The normalized spacial score (nSPS) is 14.5. The van der Waals surface area contributed by atoms with Gasteiger partial charge < -0.3 is 9.30 Å². The molecular weight excluding hydrogens is 374 g/mol. The van der Waals surface area contributed by atoms with E-state index in [0.29, 0.717) is 36.9 Å². The van der Waals surface area contributed by atoms with Crippen molar-refractivity contribution in [2.24, 2.45) is 0 Å². The van der Waals surface area contributed by atoms with E-state index in [1.807, 2.05) is 25.1 Å². The summed E-state index contributed by atoms with van der Waals surface area (Å²) in [5, 5.41) is 9.49. The number of Topliss-reactive ketones (excluding diaryl/α,β-unsaturated/α-hetero) is 1. The predicted molar refractivity (Wildman–Crippen MR) is 111 cm³/mol. The van der Waals surface area contributed by atoms with Crippen molar-refractivity contribution in [3.8, 4) is 0 Å². The maximum absolute atomic E-state index is 12.5. The fourth-order valence-corrected chi connectivity index (χ4v) is 3.49. The zero-order valence-corrected chi connectivity index (χ0v) is 18.1. The highest BCUT2D eigenvalue weighted by Crippen LogP contribution is 2.37. The van der Waals surface area contributed by atoms with Gasteiger partial charge in [0.05, 0.1) is 12.2 Å². The molecule has 1 aromatic heterocycles. The molecule has 1 aliphatic rings. The van der Waals surface area contributed by atoms with E-state index in [1.165, 1.54) is 0 Å². The summed E-state index contributed by atoms with van der Waals surface area (Å²) < 4.78 is 8.08. The van der Waals surface area contributed by atoms with Crippen molar-refractivity contribution < 1.29 is 9.53 Å². The molecule has 1 aliphatic carbocycles. The van der Waals surface area contributed by atoms with Crippen LogP contribution in [0.4, 0.5) is 0 Å². The van der Waals surface area contributed by atoms with Crippen molar-refractivity contribution in [3.63, 3.8) is 0 Å². The molecule has 0 radical (unpaired) electrons. The van der Waals surface area contributed by atoms with Crippen LogP contribution in [0.25, 0.3) is 0 Å². The summed E-state index contributed by atoms with van der Waals surface area (Å²) in [6.07, 6.45) is 4.58.